The maximum absolute atomic E-state index is 11.0. The second-order valence-corrected chi connectivity index (χ2v) is 4.41. The van der Waals surface area contributed by atoms with Crippen molar-refractivity contribution >= 4 is 33.4 Å². The molecule has 0 atom stereocenters. The van der Waals surface area contributed by atoms with Gasteiger partial charge in [-0.2, -0.15) is 0 Å². The van der Waals surface area contributed by atoms with E-state index in [1.165, 1.54) is 24.3 Å². The van der Waals surface area contributed by atoms with Crippen molar-refractivity contribution in [2.24, 2.45) is 0 Å². The largest absolute Gasteiger partial charge is 1.00 e. The Morgan fingerprint density at radius 2 is 1.62 bits per heavy atom. The summed E-state index contributed by atoms with van der Waals surface area (Å²) in [5, 5.41) is 0.462. The number of benzene rings is 1. The molecule has 0 aliphatic carbocycles. The maximum Gasteiger partial charge on any atom is 1.00 e. The molecule has 0 N–H and O–H groups in total. The molecule has 1 rings (SSSR count). The Balaban J connectivity index is 0.00000144. The van der Waals surface area contributed by atoms with Gasteiger partial charge in [-0.3, -0.25) is 11.8 Å². The first-order chi connectivity index (χ1) is 5.56. The van der Waals surface area contributed by atoms with Crippen LogP contribution in [0.15, 0.2) is 29.2 Å². The van der Waals surface area contributed by atoms with E-state index >= 15 is 0 Å². The standard InChI is InChI=1S/C6H4Cl2NO2S.K/c7-5-1-3-6(4-2-5)12(10,11)9-8;/h1-4H;/q-1;+1. The van der Waals surface area contributed by atoms with Gasteiger partial charge >= 0.3 is 51.4 Å². The summed E-state index contributed by atoms with van der Waals surface area (Å²) in [4.78, 5) is 0.0295. The maximum atomic E-state index is 11.0. The molecule has 0 aliphatic rings. The van der Waals surface area contributed by atoms with Gasteiger partial charge in [0, 0.05) is 9.92 Å². The van der Waals surface area contributed by atoms with Crippen LogP contribution >= 0.6 is 23.4 Å². The molecule has 0 saturated heterocycles. The number of hydrogen-bond donors (Lipinski definition) is 0. The van der Waals surface area contributed by atoms with Crippen LogP contribution in [0, 0.1) is 0 Å². The van der Waals surface area contributed by atoms with E-state index < -0.39 is 10.0 Å². The average molecular weight is 264 g/mol. The van der Waals surface area contributed by atoms with Gasteiger partial charge in [0.2, 0.25) is 0 Å². The molecule has 1 aromatic carbocycles. The van der Waals surface area contributed by atoms with Crippen molar-refractivity contribution in [3.05, 3.63) is 33.5 Å². The molecule has 13 heavy (non-hydrogen) atoms. The van der Waals surface area contributed by atoms with Gasteiger partial charge in [-0.05, 0) is 24.3 Å². The summed E-state index contributed by atoms with van der Waals surface area (Å²) < 4.78 is 24.7. The zero-order chi connectivity index (χ0) is 9.19. The number of sulfonamides is 1. The molecule has 0 unspecified atom stereocenters. The van der Waals surface area contributed by atoms with Gasteiger partial charge in [0.1, 0.15) is 10.0 Å². The predicted molar refractivity (Wildman–Crippen MR) is 47.8 cm³/mol. The summed E-state index contributed by atoms with van der Waals surface area (Å²) in [6.45, 7) is 0. The van der Waals surface area contributed by atoms with Crippen molar-refractivity contribution in [1.29, 1.82) is 0 Å². The van der Waals surface area contributed by atoms with Gasteiger partial charge in [0.25, 0.3) is 0 Å². The van der Waals surface area contributed by atoms with Crippen LogP contribution in [-0.4, -0.2) is 8.42 Å². The molecule has 0 spiro atoms. The smallest absolute Gasteiger partial charge is 0.458 e. The van der Waals surface area contributed by atoms with E-state index in [0.29, 0.717) is 5.02 Å². The zero-order valence-electron chi connectivity index (χ0n) is 6.74. The molecular formula is C6H4Cl2KNO2S. The van der Waals surface area contributed by atoms with Crippen molar-refractivity contribution in [2.45, 2.75) is 4.90 Å². The first kappa shape index (κ1) is 14.3. The molecule has 0 aromatic heterocycles. The number of nitrogens with zero attached hydrogens (tertiary/aromatic N) is 1. The summed E-state index contributed by atoms with van der Waals surface area (Å²) in [7, 11) is -3.68. The Hall–Kier alpha value is 1.35. The first-order valence-corrected chi connectivity index (χ1v) is 5.06. The molecule has 66 valence electrons. The molecule has 0 saturated carbocycles. The van der Waals surface area contributed by atoms with Gasteiger partial charge < -0.3 is 4.24 Å². The van der Waals surface area contributed by atoms with Crippen LogP contribution in [0.4, 0.5) is 0 Å². The second-order valence-electron chi connectivity index (χ2n) is 2.00. The van der Waals surface area contributed by atoms with Crippen molar-refractivity contribution < 1.29 is 59.8 Å². The Morgan fingerprint density at radius 3 is 2.00 bits per heavy atom. The molecule has 0 amide bonds. The second kappa shape index (κ2) is 6.04. The first-order valence-electron chi connectivity index (χ1n) is 2.90. The SMILES string of the molecule is O=S(=O)([N-]Cl)c1ccc(Cl)cc1.[K+]. The van der Waals surface area contributed by atoms with Crippen molar-refractivity contribution in [3.63, 3.8) is 0 Å². The van der Waals surface area contributed by atoms with Gasteiger partial charge in [-0.15, -0.1) is 0 Å². The summed E-state index contributed by atoms with van der Waals surface area (Å²) in [5.74, 6) is 0. The van der Waals surface area contributed by atoms with Crippen LogP contribution in [0.2, 0.25) is 5.02 Å². The van der Waals surface area contributed by atoms with Crippen molar-refractivity contribution in [2.75, 3.05) is 0 Å². The van der Waals surface area contributed by atoms with E-state index in [1.807, 2.05) is 0 Å². The monoisotopic (exact) mass is 263 g/mol. The third-order valence-electron chi connectivity index (χ3n) is 1.20. The number of rotatable bonds is 2. The Labute approximate surface area is 129 Å². The topological polar surface area (TPSA) is 48.2 Å². The van der Waals surface area contributed by atoms with Crippen LogP contribution in [-0.2, 0) is 10.0 Å². The molecule has 0 radical (unpaired) electrons. The Bertz CT molecular complexity index is 365. The summed E-state index contributed by atoms with van der Waals surface area (Å²) in [5.41, 5.74) is 0. The van der Waals surface area contributed by atoms with E-state index in [2.05, 4.69) is 4.24 Å². The molecule has 7 heteroatoms. The molecular weight excluding hydrogens is 260 g/mol. The fraction of sp³-hybridized carbons (Fsp3) is 0. The van der Waals surface area contributed by atoms with E-state index in [1.54, 1.807) is 0 Å². The van der Waals surface area contributed by atoms with E-state index in [9.17, 15) is 8.42 Å². The third kappa shape index (κ3) is 4.15. The van der Waals surface area contributed by atoms with E-state index in [-0.39, 0.29) is 56.3 Å². The fourth-order valence-electron chi connectivity index (χ4n) is 0.646. The molecule has 0 heterocycles. The van der Waals surface area contributed by atoms with Crippen LogP contribution < -0.4 is 51.4 Å². The zero-order valence-corrected chi connectivity index (χ0v) is 12.2. The summed E-state index contributed by atoms with van der Waals surface area (Å²) in [6.07, 6.45) is 0. The third-order valence-corrected chi connectivity index (χ3v) is 3.05. The van der Waals surface area contributed by atoms with Gasteiger partial charge in [0.05, 0.1) is 0 Å². The minimum absolute atomic E-state index is 0. The average Bonchev–Trinajstić information content (AvgIpc) is 2.05. The van der Waals surface area contributed by atoms with Crippen molar-refractivity contribution in [3.8, 4) is 0 Å². The van der Waals surface area contributed by atoms with Gasteiger partial charge in [-0.25, -0.2) is 8.42 Å². The molecule has 0 bridgehead atoms. The Kier molecular flexibility index (Phi) is 6.67. The van der Waals surface area contributed by atoms with Crippen LogP contribution in [0.3, 0.4) is 0 Å². The van der Waals surface area contributed by atoms with Gasteiger partial charge in [0.15, 0.2) is 0 Å². The molecule has 3 nitrogen and oxygen atoms in total. The molecule has 0 aliphatic heterocycles. The van der Waals surface area contributed by atoms with Crippen molar-refractivity contribution in [1.82, 2.24) is 0 Å². The normalized spacial score (nSPS) is 10.6. The number of halogens is 2. The predicted octanol–water partition coefficient (Wildman–Crippen LogP) is -0.440. The fourth-order valence-corrected chi connectivity index (χ4v) is 1.57. The number of hydrogen-bond acceptors (Lipinski definition) is 2. The minimum Gasteiger partial charge on any atom is -0.458 e. The van der Waals surface area contributed by atoms with Gasteiger partial charge in [-0.1, -0.05) is 11.6 Å². The molecule has 0 fully saturated rings. The quantitative estimate of drug-likeness (QED) is 0.680. The van der Waals surface area contributed by atoms with E-state index in [0.717, 1.165) is 0 Å². The van der Waals surface area contributed by atoms with Crippen LogP contribution in [0.1, 0.15) is 0 Å². The summed E-state index contributed by atoms with van der Waals surface area (Å²) in [6, 6.07) is 5.58. The summed E-state index contributed by atoms with van der Waals surface area (Å²) >= 11 is 10.4. The Morgan fingerprint density at radius 1 is 1.15 bits per heavy atom. The van der Waals surface area contributed by atoms with Crippen LogP contribution in [0.25, 0.3) is 4.24 Å². The molecule has 1 aromatic rings. The van der Waals surface area contributed by atoms with Crippen LogP contribution in [0.5, 0.6) is 0 Å². The van der Waals surface area contributed by atoms with E-state index in [4.69, 9.17) is 23.4 Å². The minimum atomic E-state index is -3.68.